The molecule has 1 heterocycles. The molecule has 7 nitrogen and oxygen atoms in total. The van der Waals surface area contributed by atoms with Gasteiger partial charge in [0.25, 0.3) is 0 Å². The third-order valence-corrected chi connectivity index (χ3v) is 7.77. The molecule has 0 spiro atoms. The van der Waals surface area contributed by atoms with E-state index < -0.39 is 34.5 Å². The summed E-state index contributed by atoms with van der Waals surface area (Å²) in [6.07, 6.45) is 4.30. The number of rotatable bonds is 14. The second kappa shape index (κ2) is 17.7. The van der Waals surface area contributed by atoms with E-state index in [-0.39, 0.29) is 74.0 Å². The summed E-state index contributed by atoms with van der Waals surface area (Å²) in [6.45, 7) is 4.13. The molecule has 0 bridgehead atoms. The van der Waals surface area contributed by atoms with Crippen LogP contribution in [0.5, 0.6) is 0 Å². The number of carbonyl (C=O) groups is 2. The number of aliphatic hydroxyl groups excluding tert-OH is 1. The molecule has 39 heavy (non-hydrogen) atoms. The molecule has 0 radical (unpaired) electrons. The molecular formula is C29H36Na2O7S. The summed E-state index contributed by atoms with van der Waals surface area (Å²) in [6, 6.07) is 12.6. The minimum absolute atomic E-state index is 0. The molecule has 0 saturated carbocycles. The standard InChI is InChI=1S/C29H34O7S.2Na.2H/c1-3-5-8-18-11-13-19(14-12-18)28(22(30)9-6-10-26(32)33)37-25-16-15-20-23(31)17-24(29(34)35)36-27(20)21(25)7-4-2;;;;/h11-17,22,28,30H,3-10H2,1-2H3,(H,32,33)(H,34,35);;;;/q;2*+1;2*-1. The van der Waals surface area contributed by atoms with Crippen molar-refractivity contribution in [3.8, 4) is 0 Å². The van der Waals surface area contributed by atoms with E-state index in [2.05, 4.69) is 19.1 Å². The summed E-state index contributed by atoms with van der Waals surface area (Å²) in [5.74, 6) is -2.62. The van der Waals surface area contributed by atoms with E-state index in [0.717, 1.165) is 47.8 Å². The van der Waals surface area contributed by atoms with Crippen LogP contribution in [-0.2, 0) is 17.6 Å². The Morgan fingerprint density at radius 3 is 2.26 bits per heavy atom. The molecule has 0 aliphatic heterocycles. The van der Waals surface area contributed by atoms with Crippen LogP contribution in [-0.4, -0.2) is 33.4 Å². The third kappa shape index (κ3) is 10.0. The first-order chi connectivity index (χ1) is 17.7. The van der Waals surface area contributed by atoms with Crippen LogP contribution in [0.4, 0.5) is 0 Å². The minimum Gasteiger partial charge on any atom is -1.00 e. The topological polar surface area (TPSA) is 125 Å². The third-order valence-electron chi connectivity index (χ3n) is 6.29. The average Bonchev–Trinajstić information content (AvgIpc) is 2.87. The van der Waals surface area contributed by atoms with E-state index >= 15 is 0 Å². The Labute approximate surface area is 280 Å². The van der Waals surface area contributed by atoms with Crippen LogP contribution in [0.25, 0.3) is 11.0 Å². The molecule has 0 amide bonds. The number of carboxylic acids is 2. The predicted octanol–water partition coefficient (Wildman–Crippen LogP) is 0.469. The van der Waals surface area contributed by atoms with Crippen LogP contribution in [0, 0.1) is 0 Å². The van der Waals surface area contributed by atoms with Crippen LogP contribution < -0.4 is 64.5 Å². The van der Waals surface area contributed by atoms with Gasteiger partial charge in [0.2, 0.25) is 5.76 Å². The van der Waals surface area contributed by atoms with Gasteiger partial charge in [-0.15, -0.1) is 11.8 Å². The van der Waals surface area contributed by atoms with E-state index in [1.807, 2.05) is 25.1 Å². The smallest absolute Gasteiger partial charge is 1.00 e. The summed E-state index contributed by atoms with van der Waals surface area (Å²) in [4.78, 5) is 35.9. The molecule has 3 N–H and O–H groups in total. The molecule has 2 atom stereocenters. The van der Waals surface area contributed by atoms with Crippen molar-refractivity contribution in [3.63, 3.8) is 0 Å². The maximum Gasteiger partial charge on any atom is 1.00 e. The summed E-state index contributed by atoms with van der Waals surface area (Å²) >= 11 is 1.43. The number of hydrogen-bond acceptors (Lipinski definition) is 6. The first-order valence-electron chi connectivity index (χ1n) is 12.7. The Balaban J connectivity index is 0. The fourth-order valence-corrected chi connectivity index (χ4v) is 5.68. The molecule has 202 valence electrons. The van der Waals surface area contributed by atoms with Gasteiger partial charge in [-0.1, -0.05) is 51.0 Å². The number of aromatic carboxylic acids is 1. The average molecular weight is 575 g/mol. The van der Waals surface area contributed by atoms with Crippen molar-refractivity contribution >= 4 is 34.7 Å². The van der Waals surface area contributed by atoms with Gasteiger partial charge in [0.15, 0.2) is 5.43 Å². The molecular weight excluding hydrogens is 538 g/mol. The SMILES string of the molecule is CCCCc1ccc(C(Sc2ccc3c(=O)cc(C(=O)O)oc3c2CCC)C(O)CCCC(=O)O)cc1.[H-].[H-].[Na+].[Na+]. The van der Waals surface area contributed by atoms with Crippen molar-refractivity contribution in [2.24, 2.45) is 0 Å². The maximum atomic E-state index is 12.6. The number of thioether (sulfide) groups is 1. The number of benzene rings is 2. The van der Waals surface area contributed by atoms with Gasteiger partial charge < -0.3 is 22.6 Å². The molecule has 0 aliphatic rings. The van der Waals surface area contributed by atoms with Crippen LogP contribution >= 0.6 is 11.8 Å². The van der Waals surface area contributed by atoms with E-state index in [1.54, 1.807) is 6.07 Å². The van der Waals surface area contributed by atoms with Gasteiger partial charge in [-0.05, 0) is 55.4 Å². The van der Waals surface area contributed by atoms with E-state index in [9.17, 15) is 24.6 Å². The normalized spacial score (nSPS) is 12.3. The second-order valence-electron chi connectivity index (χ2n) is 9.19. The van der Waals surface area contributed by atoms with E-state index in [1.165, 1.54) is 17.3 Å². The van der Waals surface area contributed by atoms with Gasteiger partial charge in [-0.25, -0.2) is 4.79 Å². The number of hydrogen-bond donors (Lipinski definition) is 3. The fourth-order valence-electron chi connectivity index (χ4n) is 4.33. The molecule has 2 aromatic carbocycles. The summed E-state index contributed by atoms with van der Waals surface area (Å²) < 4.78 is 5.68. The van der Waals surface area contributed by atoms with Gasteiger partial charge >= 0.3 is 71.1 Å². The van der Waals surface area contributed by atoms with Crippen molar-refractivity contribution < 1.29 is 91.3 Å². The zero-order chi connectivity index (χ0) is 26.9. The Morgan fingerprint density at radius 1 is 0.974 bits per heavy atom. The monoisotopic (exact) mass is 574 g/mol. The predicted molar refractivity (Wildman–Crippen MR) is 147 cm³/mol. The summed E-state index contributed by atoms with van der Waals surface area (Å²) in [7, 11) is 0. The zero-order valence-electron chi connectivity index (χ0n) is 25.2. The Morgan fingerprint density at radius 2 is 1.67 bits per heavy atom. The number of aliphatic carboxylic acids is 1. The Hall–Kier alpha value is -1.10. The van der Waals surface area contributed by atoms with E-state index in [4.69, 9.17) is 9.52 Å². The summed E-state index contributed by atoms with van der Waals surface area (Å²) in [5, 5.41) is 29.5. The van der Waals surface area contributed by atoms with Crippen molar-refractivity contribution in [2.75, 3.05) is 0 Å². The minimum atomic E-state index is -1.31. The quantitative estimate of drug-likeness (QED) is 0.188. The molecule has 3 rings (SSSR count). The summed E-state index contributed by atoms with van der Waals surface area (Å²) in [5.41, 5.74) is 2.70. The van der Waals surface area contributed by atoms with Gasteiger partial charge in [0, 0.05) is 22.9 Å². The Bertz CT molecular complexity index is 1300. The number of aryl methyl sites for hydroxylation is 2. The first-order valence-corrected chi connectivity index (χ1v) is 13.6. The van der Waals surface area contributed by atoms with Crippen molar-refractivity contribution in [1.29, 1.82) is 0 Å². The number of carboxylic acid groups (broad SMARTS) is 2. The molecule has 2 unspecified atom stereocenters. The van der Waals surface area contributed by atoms with Crippen molar-refractivity contribution in [1.82, 2.24) is 0 Å². The first kappa shape index (κ1) is 35.9. The zero-order valence-corrected chi connectivity index (χ0v) is 28.1. The second-order valence-corrected chi connectivity index (χ2v) is 10.4. The van der Waals surface area contributed by atoms with E-state index in [0.29, 0.717) is 24.6 Å². The van der Waals surface area contributed by atoms with Crippen LogP contribution in [0.15, 0.2) is 56.6 Å². The molecule has 10 heteroatoms. The molecule has 0 aliphatic carbocycles. The molecule has 1 aromatic heterocycles. The maximum absolute atomic E-state index is 12.6. The molecule has 0 fully saturated rings. The van der Waals surface area contributed by atoms with Crippen LogP contribution in [0.2, 0.25) is 0 Å². The number of fused-ring (bicyclic) bond motifs is 1. The number of unbranched alkanes of at least 4 members (excludes halogenated alkanes) is 1. The van der Waals surface area contributed by atoms with Crippen molar-refractivity contribution in [3.05, 3.63) is 75.1 Å². The van der Waals surface area contributed by atoms with Gasteiger partial charge in [0.05, 0.1) is 16.7 Å². The van der Waals surface area contributed by atoms with Gasteiger partial charge in [-0.2, -0.15) is 0 Å². The van der Waals surface area contributed by atoms with Crippen LogP contribution in [0.3, 0.4) is 0 Å². The van der Waals surface area contributed by atoms with Gasteiger partial charge in [0.1, 0.15) is 5.58 Å². The molecule has 3 aromatic rings. The van der Waals surface area contributed by atoms with Crippen molar-refractivity contribution in [2.45, 2.75) is 81.5 Å². The largest absolute Gasteiger partial charge is 1.00 e. The number of aliphatic hydroxyl groups is 1. The van der Waals surface area contributed by atoms with Crippen LogP contribution in [0.1, 0.15) is 87.7 Å². The van der Waals surface area contributed by atoms with Gasteiger partial charge in [-0.3, -0.25) is 9.59 Å². The Kier molecular flexibility index (Phi) is 16.3. The molecule has 0 saturated heterocycles. The fraction of sp³-hybridized carbons (Fsp3) is 0.414.